The number of hydrogen-bond acceptors (Lipinski definition) is 4. The van der Waals surface area contributed by atoms with Crippen LogP contribution in [0.3, 0.4) is 0 Å². The number of unbranched alkanes of at least 4 members (excludes halogenated alkanes) is 3. The minimum atomic E-state index is 0.381. The van der Waals surface area contributed by atoms with E-state index in [1.54, 1.807) is 7.11 Å². The molecule has 2 aromatic rings. The van der Waals surface area contributed by atoms with Crippen LogP contribution in [-0.4, -0.2) is 12.3 Å². The van der Waals surface area contributed by atoms with Crippen LogP contribution in [0.15, 0.2) is 22.7 Å². The first-order valence-corrected chi connectivity index (χ1v) is 7.56. The molecule has 0 atom stereocenters. The average molecular weight is 288 g/mol. The van der Waals surface area contributed by atoms with Crippen LogP contribution < -0.4 is 10.5 Å². The third-order valence-electron chi connectivity index (χ3n) is 3.75. The summed E-state index contributed by atoms with van der Waals surface area (Å²) in [6.07, 6.45) is 5.69. The highest BCUT2D eigenvalue weighted by molar-refractivity contribution is 5.76. The van der Waals surface area contributed by atoms with Crippen molar-refractivity contribution < 1.29 is 9.26 Å². The molecule has 0 radical (unpaired) electrons. The van der Waals surface area contributed by atoms with Gasteiger partial charge < -0.3 is 15.0 Å². The second kappa shape index (κ2) is 7.16. The van der Waals surface area contributed by atoms with Crippen LogP contribution >= 0.6 is 0 Å². The Morgan fingerprint density at radius 2 is 2.05 bits per heavy atom. The minimum Gasteiger partial charge on any atom is -0.496 e. The van der Waals surface area contributed by atoms with Crippen molar-refractivity contribution in [1.82, 2.24) is 5.16 Å². The predicted molar refractivity (Wildman–Crippen MR) is 85.5 cm³/mol. The fourth-order valence-corrected chi connectivity index (χ4v) is 2.51. The second-order valence-electron chi connectivity index (χ2n) is 5.36. The van der Waals surface area contributed by atoms with E-state index in [2.05, 4.69) is 12.1 Å². The molecule has 0 fully saturated rings. The van der Waals surface area contributed by atoms with Crippen LogP contribution in [0.25, 0.3) is 11.1 Å². The Hall–Kier alpha value is -1.97. The van der Waals surface area contributed by atoms with E-state index in [-0.39, 0.29) is 0 Å². The standard InChI is InChI=1S/C17H24N2O2/c1-4-5-6-7-8-14-16(17(18)21-19-14)13-10-9-12(2)15(11-13)20-3/h9-11H,4-8,18H2,1-3H3. The minimum absolute atomic E-state index is 0.381. The molecular weight excluding hydrogens is 264 g/mol. The molecule has 2 N–H and O–H groups in total. The van der Waals surface area contributed by atoms with Gasteiger partial charge in [-0.2, -0.15) is 0 Å². The third kappa shape index (κ3) is 3.57. The summed E-state index contributed by atoms with van der Waals surface area (Å²) in [7, 11) is 1.68. The van der Waals surface area contributed by atoms with E-state index in [1.165, 1.54) is 19.3 Å². The van der Waals surface area contributed by atoms with Gasteiger partial charge in [0.1, 0.15) is 5.75 Å². The third-order valence-corrected chi connectivity index (χ3v) is 3.75. The van der Waals surface area contributed by atoms with Crippen LogP contribution in [0.1, 0.15) is 43.9 Å². The topological polar surface area (TPSA) is 61.3 Å². The van der Waals surface area contributed by atoms with Crippen molar-refractivity contribution in [3.05, 3.63) is 29.5 Å². The summed E-state index contributed by atoms with van der Waals surface area (Å²) in [5, 5.41) is 4.13. The largest absolute Gasteiger partial charge is 0.496 e. The Kier molecular flexibility index (Phi) is 5.26. The summed E-state index contributed by atoms with van der Waals surface area (Å²) < 4.78 is 10.6. The maximum absolute atomic E-state index is 5.96. The van der Waals surface area contributed by atoms with Gasteiger partial charge in [-0.15, -0.1) is 0 Å². The highest BCUT2D eigenvalue weighted by Crippen LogP contribution is 2.34. The summed E-state index contributed by atoms with van der Waals surface area (Å²) >= 11 is 0. The van der Waals surface area contributed by atoms with Gasteiger partial charge in [-0.1, -0.05) is 43.5 Å². The Labute approximate surface area is 126 Å². The van der Waals surface area contributed by atoms with Crippen molar-refractivity contribution >= 4 is 5.88 Å². The van der Waals surface area contributed by atoms with Crippen LogP contribution in [-0.2, 0) is 6.42 Å². The molecule has 0 unspecified atom stereocenters. The Bertz CT molecular complexity index is 590. The number of nitrogen functional groups attached to an aromatic ring is 1. The SMILES string of the molecule is CCCCCCc1noc(N)c1-c1ccc(C)c(OC)c1. The molecule has 0 spiro atoms. The lowest BCUT2D eigenvalue weighted by Crippen LogP contribution is -1.94. The van der Waals surface area contributed by atoms with Crippen molar-refractivity contribution in [2.24, 2.45) is 0 Å². The molecular formula is C17H24N2O2. The fourth-order valence-electron chi connectivity index (χ4n) is 2.51. The zero-order valence-corrected chi connectivity index (χ0v) is 13.1. The van der Waals surface area contributed by atoms with Gasteiger partial charge in [0.2, 0.25) is 5.88 Å². The number of aromatic nitrogens is 1. The van der Waals surface area contributed by atoms with Crippen molar-refractivity contribution in [1.29, 1.82) is 0 Å². The Morgan fingerprint density at radius 3 is 2.76 bits per heavy atom. The van der Waals surface area contributed by atoms with Gasteiger partial charge in [0.05, 0.1) is 18.4 Å². The fraction of sp³-hybridized carbons (Fsp3) is 0.471. The first-order chi connectivity index (χ1) is 10.2. The summed E-state index contributed by atoms with van der Waals surface area (Å²) in [5.41, 5.74) is 9.91. The smallest absolute Gasteiger partial charge is 0.230 e. The van der Waals surface area contributed by atoms with E-state index in [0.717, 1.165) is 41.0 Å². The monoisotopic (exact) mass is 288 g/mol. The molecule has 4 nitrogen and oxygen atoms in total. The van der Waals surface area contributed by atoms with Crippen molar-refractivity contribution in [2.75, 3.05) is 12.8 Å². The van der Waals surface area contributed by atoms with E-state index in [4.69, 9.17) is 15.0 Å². The van der Waals surface area contributed by atoms with Gasteiger partial charge in [0.25, 0.3) is 0 Å². The van der Waals surface area contributed by atoms with Gasteiger partial charge in [-0.3, -0.25) is 0 Å². The Morgan fingerprint density at radius 1 is 1.24 bits per heavy atom. The molecule has 114 valence electrons. The lowest BCUT2D eigenvalue weighted by atomic mass is 10.0. The van der Waals surface area contributed by atoms with E-state index in [0.29, 0.717) is 5.88 Å². The molecule has 0 bridgehead atoms. The van der Waals surface area contributed by atoms with Crippen molar-refractivity contribution in [2.45, 2.75) is 46.0 Å². The summed E-state index contributed by atoms with van der Waals surface area (Å²) in [4.78, 5) is 0. The first-order valence-electron chi connectivity index (χ1n) is 7.56. The highest BCUT2D eigenvalue weighted by Gasteiger charge is 2.16. The van der Waals surface area contributed by atoms with Crippen LogP contribution in [0.5, 0.6) is 5.75 Å². The highest BCUT2D eigenvalue weighted by atomic mass is 16.5. The molecule has 4 heteroatoms. The van der Waals surface area contributed by atoms with Gasteiger partial charge in [-0.25, -0.2) is 0 Å². The summed E-state index contributed by atoms with van der Waals surface area (Å²) in [6, 6.07) is 6.06. The first kappa shape index (κ1) is 15.4. The van der Waals surface area contributed by atoms with Gasteiger partial charge in [0, 0.05) is 0 Å². The van der Waals surface area contributed by atoms with Crippen molar-refractivity contribution in [3.8, 4) is 16.9 Å². The number of benzene rings is 1. The van der Waals surface area contributed by atoms with Crippen LogP contribution in [0.4, 0.5) is 5.88 Å². The number of anilines is 1. The number of aryl methyl sites for hydroxylation is 2. The average Bonchev–Trinajstić information content (AvgIpc) is 2.85. The van der Waals surface area contributed by atoms with Gasteiger partial charge >= 0.3 is 0 Å². The normalized spacial score (nSPS) is 10.8. The second-order valence-corrected chi connectivity index (χ2v) is 5.36. The molecule has 1 aromatic heterocycles. The predicted octanol–water partition coefficient (Wildman–Crippen LogP) is 4.36. The summed E-state index contributed by atoms with van der Waals surface area (Å²) in [5.74, 6) is 1.23. The number of methoxy groups -OCH3 is 1. The zero-order valence-electron chi connectivity index (χ0n) is 13.1. The molecule has 0 aliphatic heterocycles. The maximum atomic E-state index is 5.96. The van der Waals surface area contributed by atoms with Crippen molar-refractivity contribution in [3.63, 3.8) is 0 Å². The van der Waals surface area contributed by atoms with E-state index in [9.17, 15) is 0 Å². The molecule has 0 amide bonds. The zero-order chi connectivity index (χ0) is 15.2. The number of nitrogens with zero attached hydrogens (tertiary/aromatic N) is 1. The molecule has 2 rings (SSSR count). The lowest BCUT2D eigenvalue weighted by Gasteiger charge is -2.08. The number of nitrogens with two attached hydrogens (primary N) is 1. The van der Waals surface area contributed by atoms with E-state index in [1.807, 2.05) is 25.1 Å². The molecule has 0 aliphatic carbocycles. The molecule has 1 aromatic carbocycles. The van der Waals surface area contributed by atoms with Crippen LogP contribution in [0.2, 0.25) is 0 Å². The number of ether oxygens (including phenoxy) is 1. The molecule has 21 heavy (non-hydrogen) atoms. The molecule has 1 heterocycles. The van der Waals surface area contributed by atoms with Crippen LogP contribution in [0, 0.1) is 6.92 Å². The molecule has 0 aliphatic rings. The van der Waals surface area contributed by atoms with E-state index < -0.39 is 0 Å². The maximum Gasteiger partial charge on any atom is 0.230 e. The molecule has 0 saturated carbocycles. The number of rotatable bonds is 7. The quantitative estimate of drug-likeness (QED) is 0.769. The number of hydrogen-bond donors (Lipinski definition) is 1. The lowest BCUT2D eigenvalue weighted by molar-refractivity contribution is 0.412. The Balaban J connectivity index is 2.24. The molecule has 0 saturated heterocycles. The van der Waals surface area contributed by atoms with Gasteiger partial charge in [0.15, 0.2) is 0 Å². The van der Waals surface area contributed by atoms with Gasteiger partial charge in [-0.05, 0) is 37.0 Å². The summed E-state index contributed by atoms with van der Waals surface area (Å²) in [6.45, 7) is 4.23. The van der Waals surface area contributed by atoms with E-state index >= 15 is 0 Å².